The lowest BCUT2D eigenvalue weighted by molar-refractivity contribution is -0.137. The Kier molecular flexibility index (Phi) is 10.3. The molecule has 3 rings (SSSR count). The number of carboxylic acids is 1. The number of unbranched alkanes of at least 4 members (excludes halogenated alkanes) is 1. The van der Waals surface area contributed by atoms with E-state index in [-0.39, 0.29) is 25.3 Å². The van der Waals surface area contributed by atoms with Crippen LogP contribution in [0.25, 0.3) is 0 Å². The van der Waals surface area contributed by atoms with Gasteiger partial charge < -0.3 is 26.0 Å². The molecule has 9 nitrogen and oxygen atoms in total. The molecule has 0 aliphatic carbocycles. The number of fused-ring (bicyclic) bond motifs is 1. The third-order valence-electron chi connectivity index (χ3n) is 5.97. The highest BCUT2D eigenvalue weighted by Gasteiger charge is 2.24. The Morgan fingerprint density at radius 2 is 1.78 bits per heavy atom. The number of aliphatic carboxylic acids is 1. The van der Waals surface area contributed by atoms with Gasteiger partial charge in [0, 0.05) is 38.2 Å². The number of carbonyl (C=O) groups is 4. The first-order valence-corrected chi connectivity index (χ1v) is 13.1. The topological polar surface area (TPSA) is 128 Å². The number of carbonyl (C=O) groups excluding carboxylic acids is 3. The van der Waals surface area contributed by atoms with Gasteiger partial charge in [0.2, 0.25) is 11.8 Å². The van der Waals surface area contributed by atoms with Crippen LogP contribution in [0.1, 0.15) is 46.5 Å². The number of carboxylic acid groups (broad SMARTS) is 1. The fourth-order valence-corrected chi connectivity index (χ4v) is 4.83. The van der Waals surface area contributed by atoms with Gasteiger partial charge in [-0.3, -0.25) is 19.2 Å². The third-order valence-corrected chi connectivity index (χ3v) is 7.20. The van der Waals surface area contributed by atoms with Gasteiger partial charge in [0.15, 0.2) is 0 Å². The van der Waals surface area contributed by atoms with Crippen LogP contribution in [0, 0.1) is 0 Å². The van der Waals surface area contributed by atoms with E-state index in [0.717, 1.165) is 37.3 Å². The Hall–Kier alpha value is -2.95. The van der Waals surface area contributed by atoms with E-state index in [0.29, 0.717) is 27.7 Å². The summed E-state index contributed by atoms with van der Waals surface area (Å²) >= 11 is 7.03. The Labute approximate surface area is 219 Å². The van der Waals surface area contributed by atoms with Crippen molar-refractivity contribution in [1.29, 1.82) is 0 Å². The molecule has 2 heterocycles. The minimum atomic E-state index is -1.02. The van der Waals surface area contributed by atoms with E-state index in [1.54, 1.807) is 12.1 Å². The second-order valence-electron chi connectivity index (χ2n) is 8.81. The molecule has 194 valence electrons. The number of amides is 3. The molecule has 1 aromatic carbocycles. The van der Waals surface area contributed by atoms with Crippen molar-refractivity contribution in [2.24, 2.45) is 0 Å². The highest BCUT2D eigenvalue weighted by molar-refractivity contribution is 7.18. The number of likely N-dealkylation sites (N-methyl/N-ethyl adjacent to an activating group) is 1. The number of rotatable bonds is 11. The van der Waals surface area contributed by atoms with Gasteiger partial charge in [-0.2, -0.15) is 0 Å². The van der Waals surface area contributed by atoms with Gasteiger partial charge in [-0.25, -0.2) is 0 Å². The van der Waals surface area contributed by atoms with Gasteiger partial charge in [-0.05, 0) is 68.1 Å². The minimum Gasteiger partial charge on any atom is -0.481 e. The van der Waals surface area contributed by atoms with Crippen molar-refractivity contribution in [1.82, 2.24) is 15.5 Å². The summed E-state index contributed by atoms with van der Waals surface area (Å²) in [6.07, 6.45) is 2.76. The Balaban J connectivity index is 1.64. The van der Waals surface area contributed by atoms with Crippen LogP contribution in [0.3, 0.4) is 0 Å². The van der Waals surface area contributed by atoms with E-state index in [2.05, 4.69) is 27.9 Å². The smallest absolute Gasteiger partial charge is 0.303 e. The number of anilines is 1. The zero-order chi connectivity index (χ0) is 26.1. The van der Waals surface area contributed by atoms with Crippen molar-refractivity contribution in [3.63, 3.8) is 0 Å². The monoisotopic (exact) mass is 534 g/mol. The molecule has 1 aliphatic heterocycles. The fourth-order valence-electron chi connectivity index (χ4n) is 3.89. The molecule has 1 aromatic heterocycles. The maximum atomic E-state index is 13.1. The lowest BCUT2D eigenvalue weighted by Crippen LogP contribution is -2.50. The predicted molar refractivity (Wildman–Crippen MR) is 140 cm³/mol. The van der Waals surface area contributed by atoms with Crippen LogP contribution in [-0.2, 0) is 27.2 Å². The molecule has 0 saturated carbocycles. The van der Waals surface area contributed by atoms with Crippen LogP contribution < -0.4 is 16.0 Å². The van der Waals surface area contributed by atoms with Crippen LogP contribution in [-0.4, -0.2) is 66.4 Å². The number of hydrogen-bond acceptors (Lipinski definition) is 6. The summed E-state index contributed by atoms with van der Waals surface area (Å²) in [5.41, 5.74) is 3.06. The zero-order valence-electron chi connectivity index (χ0n) is 20.1. The predicted octanol–water partition coefficient (Wildman–Crippen LogP) is 2.93. The normalized spacial score (nSPS) is 14.3. The van der Waals surface area contributed by atoms with Gasteiger partial charge >= 0.3 is 5.97 Å². The number of nitrogens with zero attached hydrogens (tertiary/aromatic N) is 1. The quantitative estimate of drug-likeness (QED) is 0.328. The number of halogens is 1. The lowest BCUT2D eigenvalue weighted by Gasteiger charge is -2.19. The second-order valence-corrected chi connectivity index (χ2v) is 10.5. The van der Waals surface area contributed by atoms with Gasteiger partial charge in [0.05, 0.1) is 9.21 Å². The molecule has 1 aliphatic rings. The Bertz CT molecular complexity index is 1110. The Morgan fingerprint density at radius 1 is 1.06 bits per heavy atom. The average Bonchev–Trinajstić information content (AvgIpc) is 3.19. The van der Waals surface area contributed by atoms with Crippen LogP contribution in [0.15, 0.2) is 30.3 Å². The van der Waals surface area contributed by atoms with Crippen molar-refractivity contribution in [3.05, 3.63) is 50.7 Å². The van der Waals surface area contributed by atoms with E-state index < -0.39 is 23.8 Å². The highest BCUT2D eigenvalue weighted by Crippen LogP contribution is 2.22. The molecule has 0 unspecified atom stereocenters. The third kappa shape index (κ3) is 8.61. The van der Waals surface area contributed by atoms with Crippen molar-refractivity contribution < 1.29 is 24.3 Å². The minimum absolute atomic E-state index is 0.00515. The maximum absolute atomic E-state index is 13.1. The maximum Gasteiger partial charge on any atom is 0.303 e. The van der Waals surface area contributed by atoms with E-state index in [4.69, 9.17) is 16.7 Å². The molecule has 0 spiro atoms. The standard InChI is InChI=1S/C25H31ClN4O5S/c1-30-12-10-16-6-7-18(14-17(16)11-13-30)28-24(34)19(29-25(35)20-8-9-21(26)36-20)15-27-22(31)4-2-3-5-23(32)33/h6-9,14,19H,2-5,10-13,15H2,1H3,(H,27,31)(H,28,34)(H,29,35)(H,32,33)/t19-/m1/s1. The van der Waals surface area contributed by atoms with E-state index in [9.17, 15) is 19.2 Å². The van der Waals surface area contributed by atoms with Crippen molar-refractivity contribution in [2.45, 2.75) is 44.6 Å². The molecule has 11 heteroatoms. The molecular formula is C25H31ClN4O5S. The number of nitrogens with one attached hydrogen (secondary N) is 3. The van der Waals surface area contributed by atoms with Gasteiger partial charge in [-0.1, -0.05) is 17.7 Å². The van der Waals surface area contributed by atoms with Gasteiger partial charge in [-0.15, -0.1) is 11.3 Å². The fraction of sp³-hybridized carbons (Fsp3) is 0.440. The highest BCUT2D eigenvalue weighted by atomic mass is 35.5. The summed E-state index contributed by atoms with van der Waals surface area (Å²) in [7, 11) is 2.09. The van der Waals surface area contributed by atoms with Crippen LogP contribution in [0.5, 0.6) is 0 Å². The first-order chi connectivity index (χ1) is 17.2. The average molecular weight is 535 g/mol. The van der Waals surface area contributed by atoms with Crippen LogP contribution in [0.4, 0.5) is 5.69 Å². The largest absolute Gasteiger partial charge is 0.481 e. The lowest BCUT2D eigenvalue weighted by atomic mass is 10.0. The molecule has 0 radical (unpaired) electrons. The molecule has 0 bridgehead atoms. The molecule has 0 saturated heterocycles. The zero-order valence-corrected chi connectivity index (χ0v) is 21.7. The summed E-state index contributed by atoms with van der Waals surface area (Å²) in [5.74, 6) is -2.15. The van der Waals surface area contributed by atoms with E-state index in [1.807, 2.05) is 18.2 Å². The molecule has 3 amide bonds. The first kappa shape index (κ1) is 27.6. The van der Waals surface area contributed by atoms with Crippen molar-refractivity contribution in [2.75, 3.05) is 32.0 Å². The Morgan fingerprint density at radius 3 is 2.47 bits per heavy atom. The van der Waals surface area contributed by atoms with E-state index in [1.165, 1.54) is 11.1 Å². The summed E-state index contributed by atoms with van der Waals surface area (Å²) in [4.78, 5) is 51.3. The van der Waals surface area contributed by atoms with Crippen molar-refractivity contribution in [3.8, 4) is 0 Å². The second kappa shape index (κ2) is 13.4. The van der Waals surface area contributed by atoms with Gasteiger partial charge in [0.25, 0.3) is 5.91 Å². The SMILES string of the molecule is CN1CCc2ccc(NC(=O)[C@@H](CNC(=O)CCCCC(=O)O)NC(=O)c3ccc(Cl)s3)cc2CC1. The number of thiophene rings is 1. The van der Waals surface area contributed by atoms with Gasteiger partial charge in [0.1, 0.15) is 6.04 Å². The number of hydrogen-bond donors (Lipinski definition) is 4. The summed E-state index contributed by atoms with van der Waals surface area (Å²) in [6, 6.07) is 7.98. The summed E-state index contributed by atoms with van der Waals surface area (Å²) in [5, 5.41) is 16.9. The van der Waals surface area contributed by atoms with Crippen LogP contribution in [0.2, 0.25) is 4.34 Å². The number of benzene rings is 1. The first-order valence-electron chi connectivity index (χ1n) is 11.9. The van der Waals surface area contributed by atoms with Crippen LogP contribution >= 0.6 is 22.9 Å². The summed E-state index contributed by atoms with van der Waals surface area (Å²) < 4.78 is 0.450. The van der Waals surface area contributed by atoms with E-state index >= 15 is 0 Å². The molecule has 1 atom stereocenters. The molecule has 36 heavy (non-hydrogen) atoms. The molecule has 0 fully saturated rings. The molecule has 2 aromatic rings. The molecule has 4 N–H and O–H groups in total. The summed E-state index contributed by atoms with van der Waals surface area (Å²) in [6.45, 7) is 1.81. The van der Waals surface area contributed by atoms with Crippen molar-refractivity contribution >= 4 is 52.3 Å². The molecular weight excluding hydrogens is 504 g/mol.